The Hall–Kier alpha value is -2.44. The predicted molar refractivity (Wildman–Crippen MR) is 100 cm³/mol. The standard InChI is InChI=1S/C19H21N3O2S/c1-13-15-6-4-5-7-16(15)19(24)22(13)11-18(23)20-10-17(21(2)3)14-8-9-25-12-14/h4-9,12,17H,1,10-11H2,2-3H3,(H,20,23). The van der Waals surface area contributed by atoms with Gasteiger partial charge in [-0.3, -0.25) is 14.5 Å². The van der Waals surface area contributed by atoms with Crippen LogP contribution >= 0.6 is 11.3 Å². The molecule has 1 aliphatic rings. The highest BCUT2D eigenvalue weighted by atomic mass is 32.1. The predicted octanol–water partition coefficient (Wildman–Crippen LogP) is 2.59. The van der Waals surface area contributed by atoms with Crippen molar-refractivity contribution in [2.75, 3.05) is 27.2 Å². The first kappa shape index (κ1) is 17.4. The fourth-order valence-electron chi connectivity index (χ4n) is 2.98. The van der Waals surface area contributed by atoms with Crippen molar-refractivity contribution in [3.05, 3.63) is 64.4 Å². The fraction of sp³-hybridized carbons (Fsp3) is 0.263. The third-order valence-corrected chi connectivity index (χ3v) is 5.09. The largest absolute Gasteiger partial charge is 0.353 e. The van der Waals surface area contributed by atoms with Gasteiger partial charge in [-0.05, 0) is 42.6 Å². The number of rotatable bonds is 6. The van der Waals surface area contributed by atoms with E-state index in [1.54, 1.807) is 17.4 Å². The van der Waals surface area contributed by atoms with Crippen molar-refractivity contribution in [3.63, 3.8) is 0 Å². The van der Waals surface area contributed by atoms with Gasteiger partial charge < -0.3 is 10.2 Å². The summed E-state index contributed by atoms with van der Waals surface area (Å²) in [6, 6.07) is 9.46. The summed E-state index contributed by atoms with van der Waals surface area (Å²) in [6.45, 7) is 4.44. The van der Waals surface area contributed by atoms with Crippen molar-refractivity contribution in [1.29, 1.82) is 0 Å². The molecule has 1 aliphatic heterocycles. The summed E-state index contributed by atoms with van der Waals surface area (Å²) in [7, 11) is 3.97. The van der Waals surface area contributed by atoms with Gasteiger partial charge in [-0.2, -0.15) is 11.3 Å². The second kappa shape index (κ2) is 7.21. The highest BCUT2D eigenvalue weighted by Crippen LogP contribution is 2.30. The topological polar surface area (TPSA) is 52.7 Å². The molecule has 6 heteroatoms. The third kappa shape index (κ3) is 3.50. The number of hydrogen-bond acceptors (Lipinski definition) is 4. The van der Waals surface area contributed by atoms with E-state index in [9.17, 15) is 9.59 Å². The molecule has 25 heavy (non-hydrogen) atoms. The number of amides is 2. The van der Waals surface area contributed by atoms with Crippen LogP contribution in [0.1, 0.15) is 27.5 Å². The van der Waals surface area contributed by atoms with Crippen LogP contribution in [0.5, 0.6) is 0 Å². The Balaban J connectivity index is 1.62. The average Bonchev–Trinajstić information content (AvgIpc) is 3.19. The molecule has 0 radical (unpaired) electrons. The number of hydrogen-bond donors (Lipinski definition) is 1. The first-order valence-electron chi connectivity index (χ1n) is 8.04. The van der Waals surface area contributed by atoms with Gasteiger partial charge in [0.2, 0.25) is 5.91 Å². The Morgan fingerprint density at radius 1 is 1.28 bits per heavy atom. The zero-order valence-corrected chi connectivity index (χ0v) is 15.2. The molecule has 0 bridgehead atoms. The van der Waals surface area contributed by atoms with Gasteiger partial charge in [0.25, 0.3) is 5.91 Å². The molecule has 1 N–H and O–H groups in total. The van der Waals surface area contributed by atoms with Crippen LogP contribution in [0.4, 0.5) is 0 Å². The zero-order chi connectivity index (χ0) is 18.0. The van der Waals surface area contributed by atoms with Crippen molar-refractivity contribution < 1.29 is 9.59 Å². The highest BCUT2D eigenvalue weighted by Gasteiger charge is 2.31. The number of fused-ring (bicyclic) bond motifs is 1. The second-order valence-electron chi connectivity index (χ2n) is 6.22. The van der Waals surface area contributed by atoms with E-state index in [0.29, 0.717) is 17.8 Å². The quantitative estimate of drug-likeness (QED) is 0.867. The molecule has 1 unspecified atom stereocenters. The summed E-state index contributed by atoms with van der Waals surface area (Å²) in [5.41, 5.74) is 3.15. The van der Waals surface area contributed by atoms with Gasteiger partial charge >= 0.3 is 0 Å². The van der Waals surface area contributed by atoms with Gasteiger partial charge in [0.15, 0.2) is 0 Å². The molecule has 1 aromatic heterocycles. The minimum Gasteiger partial charge on any atom is -0.353 e. The number of nitrogens with zero attached hydrogens (tertiary/aromatic N) is 2. The molecule has 1 atom stereocenters. The van der Waals surface area contributed by atoms with Crippen LogP contribution in [-0.2, 0) is 4.79 Å². The maximum Gasteiger partial charge on any atom is 0.259 e. The summed E-state index contributed by atoms with van der Waals surface area (Å²) in [5.74, 6) is -0.359. The van der Waals surface area contributed by atoms with E-state index in [1.165, 1.54) is 10.5 Å². The lowest BCUT2D eigenvalue weighted by Crippen LogP contribution is -2.40. The normalized spacial score (nSPS) is 14.8. The van der Waals surface area contributed by atoms with Crippen molar-refractivity contribution in [2.24, 2.45) is 0 Å². The molecular formula is C19H21N3O2S. The Morgan fingerprint density at radius 3 is 2.60 bits per heavy atom. The first-order chi connectivity index (χ1) is 12.0. The molecule has 2 aromatic rings. The Labute approximate surface area is 151 Å². The number of likely N-dealkylation sites (N-methyl/N-ethyl adjacent to an activating group) is 1. The fourth-order valence-corrected chi connectivity index (χ4v) is 3.68. The van der Waals surface area contributed by atoms with Gasteiger partial charge in [0.05, 0.1) is 6.04 Å². The van der Waals surface area contributed by atoms with Gasteiger partial charge in [-0.1, -0.05) is 24.8 Å². The molecule has 130 valence electrons. The van der Waals surface area contributed by atoms with Crippen LogP contribution in [0, 0.1) is 0 Å². The van der Waals surface area contributed by atoms with Gasteiger partial charge in [0.1, 0.15) is 6.54 Å². The minimum atomic E-state index is -0.190. The van der Waals surface area contributed by atoms with Gasteiger partial charge in [-0.25, -0.2) is 0 Å². The molecule has 2 heterocycles. The summed E-state index contributed by atoms with van der Waals surface area (Å²) in [6.07, 6.45) is 0. The van der Waals surface area contributed by atoms with Gasteiger partial charge in [-0.15, -0.1) is 0 Å². The van der Waals surface area contributed by atoms with E-state index < -0.39 is 0 Å². The SMILES string of the molecule is C=C1c2ccccc2C(=O)N1CC(=O)NCC(c1ccsc1)N(C)C. The molecule has 0 saturated carbocycles. The van der Waals surface area contributed by atoms with E-state index >= 15 is 0 Å². The van der Waals surface area contributed by atoms with Crippen molar-refractivity contribution >= 4 is 28.8 Å². The van der Waals surface area contributed by atoms with E-state index in [1.807, 2.05) is 37.7 Å². The molecular weight excluding hydrogens is 334 g/mol. The number of thiophene rings is 1. The number of benzene rings is 1. The third-order valence-electron chi connectivity index (χ3n) is 4.38. The zero-order valence-electron chi connectivity index (χ0n) is 14.4. The molecule has 0 aliphatic carbocycles. The van der Waals surface area contributed by atoms with Crippen LogP contribution in [0.15, 0.2) is 47.7 Å². The molecule has 5 nitrogen and oxygen atoms in total. The number of nitrogens with one attached hydrogen (secondary N) is 1. The molecule has 2 amide bonds. The maximum absolute atomic E-state index is 12.5. The highest BCUT2D eigenvalue weighted by molar-refractivity contribution is 7.07. The monoisotopic (exact) mass is 355 g/mol. The van der Waals surface area contributed by atoms with E-state index in [0.717, 1.165) is 5.56 Å². The Kier molecular flexibility index (Phi) is 5.01. The van der Waals surface area contributed by atoms with Gasteiger partial charge in [0, 0.05) is 23.4 Å². The van der Waals surface area contributed by atoms with Crippen molar-refractivity contribution in [2.45, 2.75) is 6.04 Å². The summed E-state index contributed by atoms with van der Waals surface area (Å²) in [5, 5.41) is 7.04. The summed E-state index contributed by atoms with van der Waals surface area (Å²) < 4.78 is 0. The molecule has 0 spiro atoms. The molecule has 3 rings (SSSR count). The van der Waals surface area contributed by atoms with Crippen LogP contribution < -0.4 is 5.32 Å². The number of carbonyl (C=O) groups is 2. The summed E-state index contributed by atoms with van der Waals surface area (Å²) in [4.78, 5) is 28.3. The second-order valence-corrected chi connectivity index (χ2v) is 7.00. The smallest absolute Gasteiger partial charge is 0.259 e. The van der Waals surface area contributed by atoms with E-state index in [-0.39, 0.29) is 24.4 Å². The Morgan fingerprint density at radius 2 is 2.00 bits per heavy atom. The molecule has 0 saturated heterocycles. The molecule has 0 fully saturated rings. The van der Waals surface area contributed by atoms with Crippen LogP contribution in [-0.4, -0.2) is 48.8 Å². The number of carbonyl (C=O) groups excluding carboxylic acids is 2. The minimum absolute atomic E-state index is 0.0177. The van der Waals surface area contributed by atoms with Crippen molar-refractivity contribution in [3.8, 4) is 0 Å². The summed E-state index contributed by atoms with van der Waals surface area (Å²) >= 11 is 1.64. The average molecular weight is 355 g/mol. The van der Waals surface area contributed by atoms with E-state index in [4.69, 9.17) is 0 Å². The lowest BCUT2D eigenvalue weighted by Gasteiger charge is -2.24. The van der Waals surface area contributed by atoms with Crippen molar-refractivity contribution in [1.82, 2.24) is 15.1 Å². The first-order valence-corrected chi connectivity index (χ1v) is 8.98. The van der Waals surface area contributed by atoms with Crippen LogP contribution in [0.25, 0.3) is 5.70 Å². The Bertz CT molecular complexity index is 764. The molecule has 1 aromatic carbocycles. The van der Waals surface area contributed by atoms with Crippen LogP contribution in [0.3, 0.4) is 0 Å². The van der Waals surface area contributed by atoms with Crippen LogP contribution in [0.2, 0.25) is 0 Å². The lowest BCUT2D eigenvalue weighted by atomic mass is 10.1. The maximum atomic E-state index is 12.5. The van der Waals surface area contributed by atoms with E-state index in [2.05, 4.69) is 28.2 Å². The lowest BCUT2D eigenvalue weighted by molar-refractivity contribution is -0.121.